The summed E-state index contributed by atoms with van der Waals surface area (Å²) in [6, 6.07) is 5.82. The molecule has 0 bridgehead atoms. The Balaban J connectivity index is 1.86. The molecule has 0 spiro atoms. The van der Waals surface area contributed by atoms with Crippen LogP contribution in [-0.2, 0) is 0 Å². The maximum atomic E-state index is 12.9. The predicted octanol–water partition coefficient (Wildman–Crippen LogP) is 4.33. The molecule has 0 aromatic heterocycles. The average Bonchev–Trinajstić information content (AvgIpc) is 2.65. The van der Waals surface area contributed by atoms with Gasteiger partial charge < -0.3 is 14.2 Å². The molecule has 1 heterocycles. The molecule has 0 aliphatic carbocycles. The van der Waals surface area contributed by atoms with Crippen molar-refractivity contribution in [2.45, 2.75) is 39.7 Å². The molecule has 3 rings (SSSR count). The van der Waals surface area contributed by atoms with Crippen molar-refractivity contribution in [1.82, 2.24) is 0 Å². The van der Waals surface area contributed by atoms with Crippen LogP contribution in [0.25, 0.3) is 0 Å². The Morgan fingerprint density at radius 1 is 1.14 bits per heavy atom. The van der Waals surface area contributed by atoms with Crippen LogP contribution in [0.4, 0.5) is 5.69 Å². The van der Waals surface area contributed by atoms with Crippen molar-refractivity contribution in [2.75, 3.05) is 13.7 Å². The van der Waals surface area contributed by atoms with Crippen LogP contribution < -0.4 is 14.2 Å². The molecule has 1 atom stereocenters. The lowest BCUT2D eigenvalue weighted by Gasteiger charge is -2.36. The smallest absolute Gasteiger partial charge is 0.269 e. The Morgan fingerprint density at radius 2 is 1.79 bits per heavy atom. The number of hydrogen-bond donors (Lipinski definition) is 0. The highest BCUT2D eigenvalue weighted by molar-refractivity contribution is 6.03. The van der Waals surface area contributed by atoms with E-state index in [1.807, 2.05) is 27.7 Å². The maximum absolute atomic E-state index is 12.9. The average molecular weight is 385 g/mol. The zero-order chi connectivity index (χ0) is 20.6. The van der Waals surface area contributed by atoms with Crippen molar-refractivity contribution in [3.8, 4) is 17.2 Å². The summed E-state index contributed by atoms with van der Waals surface area (Å²) in [7, 11) is 1.59. The molecule has 1 unspecified atom stereocenters. The van der Waals surface area contributed by atoms with Gasteiger partial charge in [0.15, 0.2) is 5.78 Å². The molecule has 0 saturated heterocycles. The number of benzene rings is 2. The van der Waals surface area contributed by atoms with Gasteiger partial charge in [0.05, 0.1) is 24.0 Å². The molecule has 7 nitrogen and oxygen atoms in total. The van der Waals surface area contributed by atoms with Gasteiger partial charge in [-0.15, -0.1) is 0 Å². The van der Waals surface area contributed by atoms with Gasteiger partial charge in [0, 0.05) is 17.7 Å². The quantitative estimate of drug-likeness (QED) is 0.562. The summed E-state index contributed by atoms with van der Waals surface area (Å²) in [6.07, 6.45) is 0.166. The molecule has 2 aromatic rings. The van der Waals surface area contributed by atoms with Gasteiger partial charge in [0.25, 0.3) is 5.69 Å². The second-order valence-corrected chi connectivity index (χ2v) is 7.30. The number of carbonyl (C=O) groups excluding carboxylic acids is 1. The fourth-order valence-corrected chi connectivity index (χ4v) is 3.55. The van der Waals surface area contributed by atoms with Gasteiger partial charge in [0.2, 0.25) is 0 Å². The van der Waals surface area contributed by atoms with E-state index in [9.17, 15) is 14.9 Å². The first-order valence-electron chi connectivity index (χ1n) is 8.94. The van der Waals surface area contributed by atoms with Crippen LogP contribution in [0.5, 0.6) is 17.2 Å². The van der Waals surface area contributed by atoms with E-state index >= 15 is 0 Å². The summed E-state index contributed by atoms with van der Waals surface area (Å²) in [6.45, 7) is 7.68. The summed E-state index contributed by atoms with van der Waals surface area (Å²) >= 11 is 0. The van der Waals surface area contributed by atoms with Crippen LogP contribution >= 0.6 is 0 Å². The number of ether oxygens (including phenoxy) is 3. The largest absolute Gasteiger partial charge is 0.496 e. The number of Topliss-reactive ketones (excluding diaryl/α,β-unsaturated/α-hetero) is 1. The van der Waals surface area contributed by atoms with Crippen molar-refractivity contribution in [2.24, 2.45) is 0 Å². The molecule has 0 radical (unpaired) electrons. The highest BCUT2D eigenvalue weighted by Crippen LogP contribution is 2.43. The fourth-order valence-electron chi connectivity index (χ4n) is 3.55. The molecule has 0 N–H and O–H groups in total. The standard InChI is InChI=1S/C21H23NO6/c1-12-13(2)20-18(14(3)19(12)26-5)17(23)10-21(4,28-20)11-27-16-8-6-15(7-9-16)22(24)25/h6-9H,10-11H2,1-5H3. The van der Waals surface area contributed by atoms with E-state index in [-0.39, 0.29) is 24.5 Å². The van der Waals surface area contributed by atoms with Crippen molar-refractivity contribution < 1.29 is 23.9 Å². The maximum Gasteiger partial charge on any atom is 0.269 e. The number of nitro groups is 1. The number of non-ortho nitro benzene ring substituents is 1. The second-order valence-electron chi connectivity index (χ2n) is 7.30. The van der Waals surface area contributed by atoms with Gasteiger partial charge in [-0.1, -0.05) is 0 Å². The normalized spacial score (nSPS) is 18.2. The molecule has 0 saturated carbocycles. The molecule has 28 heavy (non-hydrogen) atoms. The first-order valence-corrected chi connectivity index (χ1v) is 8.94. The van der Waals surface area contributed by atoms with Crippen LogP contribution in [0.15, 0.2) is 24.3 Å². The molecule has 148 valence electrons. The van der Waals surface area contributed by atoms with Gasteiger partial charge in [0.1, 0.15) is 29.5 Å². The van der Waals surface area contributed by atoms with E-state index in [1.165, 1.54) is 24.3 Å². The fraction of sp³-hybridized carbons (Fsp3) is 0.381. The third-order valence-corrected chi connectivity index (χ3v) is 5.14. The molecule has 7 heteroatoms. The van der Waals surface area contributed by atoms with Gasteiger partial charge in [-0.3, -0.25) is 14.9 Å². The number of nitrogens with zero attached hydrogens (tertiary/aromatic N) is 1. The highest BCUT2D eigenvalue weighted by atomic mass is 16.6. The summed E-state index contributed by atoms with van der Waals surface area (Å²) in [5, 5.41) is 10.8. The topological polar surface area (TPSA) is 87.9 Å². The van der Waals surface area contributed by atoms with E-state index in [0.717, 1.165) is 16.7 Å². The lowest BCUT2D eigenvalue weighted by Crippen LogP contribution is -2.45. The lowest BCUT2D eigenvalue weighted by molar-refractivity contribution is -0.384. The minimum atomic E-state index is -0.843. The van der Waals surface area contributed by atoms with E-state index in [1.54, 1.807) is 7.11 Å². The van der Waals surface area contributed by atoms with E-state index in [2.05, 4.69) is 0 Å². The van der Waals surface area contributed by atoms with Gasteiger partial charge in [-0.05, 0) is 51.0 Å². The van der Waals surface area contributed by atoms with Crippen molar-refractivity contribution >= 4 is 11.5 Å². The van der Waals surface area contributed by atoms with Crippen molar-refractivity contribution in [1.29, 1.82) is 0 Å². The summed E-state index contributed by atoms with van der Waals surface area (Å²) in [4.78, 5) is 23.2. The Kier molecular flexibility index (Phi) is 5.02. The number of hydrogen-bond acceptors (Lipinski definition) is 6. The molecule has 2 aromatic carbocycles. The lowest BCUT2D eigenvalue weighted by atomic mass is 9.86. The highest BCUT2D eigenvalue weighted by Gasteiger charge is 2.40. The van der Waals surface area contributed by atoms with Crippen LogP contribution in [0.1, 0.15) is 40.4 Å². The van der Waals surface area contributed by atoms with E-state index in [4.69, 9.17) is 14.2 Å². The number of ketones is 1. The number of methoxy groups -OCH3 is 1. The summed E-state index contributed by atoms with van der Waals surface area (Å²) in [5.74, 6) is 1.74. The number of nitro benzene ring substituents is 1. The number of carbonyl (C=O) groups is 1. The van der Waals surface area contributed by atoms with Gasteiger partial charge in [-0.25, -0.2) is 0 Å². The third-order valence-electron chi connectivity index (χ3n) is 5.14. The molecule has 1 aliphatic heterocycles. The monoisotopic (exact) mass is 385 g/mol. The zero-order valence-corrected chi connectivity index (χ0v) is 16.6. The van der Waals surface area contributed by atoms with E-state index < -0.39 is 10.5 Å². The van der Waals surface area contributed by atoms with Crippen LogP contribution in [0.2, 0.25) is 0 Å². The van der Waals surface area contributed by atoms with Crippen LogP contribution in [0.3, 0.4) is 0 Å². The van der Waals surface area contributed by atoms with Gasteiger partial charge in [-0.2, -0.15) is 0 Å². The summed E-state index contributed by atoms with van der Waals surface area (Å²) < 4.78 is 17.5. The Bertz CT molecular complexity index is 951. The van der Waals surface area contributed by atoms with Crippen molar-refractivity contribution in [3.05, 3.63) is 56.6 Å². The van der Waals surface area contributed by atoms with Gasteiger partial charge >= 0.3 is 0 Å². The van der Waals surface area contributed by atoms with E-state index in [0.29, 0.717) is 22.8 Å². The van der Waals surface area contributed by atoms with Crippen molar-refractivity contribution in [3.63, 3.8) is 0 Å². The van der Waals surface area contributed by atoms with Crippen LogP contribution in [-0.4, -0.2) is 30.0 Å². The number of fused-ring (bicyclic) bond motifs is 1. The zero-order valence-electron chi connectivity index (χ0n) is 16.6. The minimum absolute atomic E-state index is 0.00731. The Labute approximate surface area is 163 Å². The minimum Gasteiger partial charge on any atom is -0.496 e. The summed E-state index contributed by atoms with van der Waals surface area (Å²) in [5.41, 5.74) is 2.30. The third kappa shape index (κ3) is 3.40. The Morgan fingerprint density at radius 3 is 2.36 bits per heavy atom. The molecule has 1 aliphatic rings. The first kappa shape index (κ1) is 19.7. The van der Waals surface area contributed by atoms with Crippen LogP contribution in [0, 0.1) is 30.9 Å². The number of rotatable bonds is 5. The predicted molar refractivity (Wildman–Crippen MR) is 104 cm³/mol. The SMILES string of the molecule is COc1c(C)c(C)c2c(c1C)C(=O)CC(C)(COc1ccc([N+](=O)[O-])cc1)O2. The molecular weight excluding hydrogens is 362 g/mol. The molecule has 0 fully saturated rings. The Hall–Kier alpha value is -3.09. The first-order chi connectivity index (χ1) is 13.2. The second kappa shape index (κ2) is 7.14. The molecule has 0 amide bonds. The molecular formula is C21H23NO6.